The predicted molar refractivity (Wildman–Crippen MR) is 91.7 cm³/mol. The van der Waals surface area contributed by atoms with Crippen LogP contribution in [-0.4, -0.2) is 21.3 Å². The first-order chi connectivity index (χ1) is 12.0. The minimum absolute atomic E-state index is 0.0387. The maximum absolute atomic E-state index is 13.0. The zero-order valence-corrected chi connectivity index (χ0v) is 15.2. The number of ether oxygens (including phenoxy) is 1. The highest BCUT2D eigenvalue weighted by atomic mass is 35.5. The van der Waals surface area contributed by atoms with Crippen molar-refractivity contribution in [3.63, 3.8) is 0 Å². The van der Waals surface area contributed by atoms with Crippen LogP contribution in [0.3, 0.4) is 0 Å². The highest BCUT2D eigenvalue weighted by Gasteiger charge is 2.31. The van der Waals surface area contributed by atoms with Crippen molar-refractivity contribution in [2.75, 3.05) is 12.9 Å². The molecule has 4 nitrogen and oxygen atoms in total. The van der Waals surface area contributed by atoms with Crippen LogP contribution in [0.4, 0.5) is 13.2 Å². The van der Waals surface area contributed by atoms with Gasteiger partial charge in [0, 0.05) is 11.4 Å². The van der Waals surface area contributed by atoms with Crippen molar-refractivity contribution in [2.24, 2.45) is 0 Å². The molecule has 0 aliphatic rings. The molecule has 26 heavy (non-hydrogen) atoms. The molecule has 0 radical (unpaired) electrons. The van der Waals surface area contributed by atoms with E-state index >= 15 is 0 Å². The van der Waals surface area contributed by atoms with E-state index in [-0.39, 0.29) is 18.6 Å². The molecule has 0 heterocycles. The lowest BCUT2D eigenvalue weighted by Crippen LogP contribution is -2.14. The third-order valence-corrected chi connectivity index (χ3v) is 4.20. The molecule has 0 aliphatic carbocycles. The van der Waals surface area contributed by atoms with Crippen LogP contribution < -0.4 is 4.74 Å². The summed E-state index contributed by atoms with van der Waals surface area (Å²) in [6, 6.07) is 11.0. The molecule has 0 saturated heterocycles. The molecular formula is C17H16ClF3O4S. The predicted octanol–water partition coefficient (Wildman–Crippen LogP) is 4.85. The van der Waals surface area contributed by atoms with Crippen LogP contribution in [0, 0.1) is 0 Å². The summed E-state index contributed by atoms with van der Waals surface area (Å²) < 4.78 is 71.5. The molecule has 0 spiro atoms. The van der Waals surface area contributed by atoms with E-state index in [4.69, 9.17) is 16.3 Å². The smallest absolute Gasteiger partial charge is 0.416 e. The maximum Gasteiger partial charge on any atom is 0.416 e. The summed E-state index contributed by atoms with van der Waals surface area (Å²) in [5, 5.41) is 0.480. The fraction of sp³-hybridized carbons (Fsp3) is 0.294. The SMILES string of the molecule is CS(=O)(=O)OCC[C@H](Oc1ccc(Cl)cc1)c1cccc(C(F)(F)F)c1. The molecule has 2 aromatic carbocycles. The molecule has 0 unspecified atom stereocenters. The molecule has 0 aromatic heterocycles. The fourth-order valence-electron chi connectivity index (χ4n) is 2.19. The van der Waals surface area contributed by atoms with E-state index < -0.39 is 28.0 Å². The Morgan fingerprint density at radius 3 is 2.35 bits per heavy atom. The lowest BCUT2D eigenvalue weighted by Gasteiger charge is -2.20. The maximum atomic E-state index is 13.0. The molecule has 0 bridgehead atoms. The van der Waals surface area contributed by atoms with E-state index in [1.165, 1.54) is 12.1 Å². The normalized spacial score (nSPS) is 13.4. The van der Waals surface area contributed by atoms with Gasteiger partial charge in [-0.15, -0.1) is 0 Å². The average Bonchev–Trinajstić information content (AvgIpc) is 2.54. The van der Waals surface area contributed by atoms with Crippen molar-refractivity contribution in [3.05, 3.63) is 64.7 Å². The van der Waals surface area contributed by atoms with E-state index in [0.717, 1.165) is 18.4 Å². The Balaban J connectivity index is 2.25. The van der Waals surface area contributed by atoms with Crippen LogP contribution in [0.25, 0.3) is 0 Å². The fourth-order valence-corrected chi connectivity index (χ4v) is 2.72. The Hall–Kier alpha value is -1.77. The molecule has 1 atom stereocenters. The van der Waals surface area contributed by atoms with Crippen LogP contribution in [0.1, 0.15) is 23.7 Å². The average molecular weight is 409 g/mol. The molecule has 0 fully saturated rings. The summed E-state index contributed by atoms with van der Waals surface area (Å²) in [6.07, 6.45) is -4.40. The first-order valence-electron chi connectivity index (χ1n) is 7.48. The van der Waals surface area contributed by atoms with Crippen molar-refractivity contribution in [1.82, 2.24) is 0 Å². The highest BCUT2D eigenvalue weighted by molar-refractivity contribution is 7.85. The number of hydrogen-bond donors (Lipinski definition) is 0. The molecule has 2 rings (SSSR count). The molecule has 0 N–H and O–H groups in total. The van der Waals surface area contributed by atoms with Gasteiger partial charge in [0.2, 0.25) is 0 Å². The van der Waals surface area contributed by atoms with Crippen molar-refractivity contribution >= 4 is 21.7 Å². The first kappa shape index (κ1) is 20.5. The van der Waals surface area contributed by atoms with Gasteiger partial charge in [-0.25, -0.2) is 0 Å². The number of rotatable bonds is 7. The minimum Gasteiger partial charge on any atom is -0.486 e. The third-order valence-electron chi connectivity index (χ3n) is 3.36. The molecule has 2 aromatic rings. The van der Waals surface area contributed by atoms with E-state index in [2.05, 4.69) is 4.18 Å². The molecule has 9 heteroatoms. The second-order valence-corrected chi connectivity index (χ2v) is 7.58. The molecule has 0 amide bonds. The molecule has 0 saturated carbocycles. The van der Waals surface area contributed by atoms with Crippen LogP contribution in [0.2, 0.25) is 5.02 Å². The summed E-state index contributed by atoms with van der Waals surface area (Å²) in [6.45, 7) is -0.229. The Bertz CT molecular complexity index is 836. The van der Waals surface area contributed by atoms with Gasteiger partial charge in [-0.3, -0.25) is 4.18 Å². The lowest BCUT2D eigenvalue weighted by atomic mass is 10.0. The van der Waals surface area contributed by atoms with Gasteiger partial charge in [-0.05, 0) is 42.0 Å². The lowest BCUT2D eigenvalue weighted by molar-refractivity contribution is -0.137. The summed E-state index contributed by atoms with van der Waals surface area (Å²) in [5.74, 6) is 0.385. The van der Waals surface area contributed by atoms with Gasteiger partial charge < -0.3 is 4.74 Å². The van der Waals surface area contributed by atoms with Crippen LogP contribution in [0.5, 0.6) is 5.75 Å². The Morgan fingerprint density at radius 1 is 1.12 bits per heavy atom. The zero-order chi connectivity index (χ0) is 19.4. The topological polar surface area (TPSA) is 52.6 Å². The van der Waals surface area contributed by atoms with E-state index in [0.29, 0.717) is 10.8 Å². The Morgan fingerprint density at radius 2 is 1.77 bits per heavy atom. The highest BCUT2D eigenvalue weighted by Crippen LogP contribution is 2.33. The summed E-state index contributed by atoms with van der Waals surface area (Å²) in [7, 11) is -3.66. The van der Waals surface area contributed by atoms with Crippen molar-refractivity contribution in [2.45, 2.75) is 18.7 Å². The number of halogens is 4. The van der Waals surface area contributed by atoms with Gasteiger partial charge in [-0.1, -0.05) is 23.7 Å². The van der Waals surface area contributed by atoms with Gasteiger partial charge in [0.05, 0.1) is 18.4 Å². The van der Waals surface area contributed by atoms with Gasteiger partial charge in [-0.2, -0.15) is 21.6 Å². The van der Waals surface area contributed by atoms with Gasteiger partial charge in [0.1, 0.15) is 11.9 Å². The van der Waals surface area contributed by atoms with Crippen molar-refractivity contribution < 1.29 is 30.5 Å². The number of benzene rings is 2. The summed E-state index contributed by atoms with van der Waals surface area (Å²) in [4.78, 5) is 0. The van der Waals surface area contributed by atoms with Crippen molar-refractivity contribution in [1.29, 1.82) is 0 Å². The van der Waals surface area contributed by atoms with E-state index in [1.807, 2.05) is 0 Å². The van der Waals surface area contributed by atoms with Gasteiger partial charge in [0.25, 0.3) is 10.1 Å². The van der Waals surface area contributed by atoms with Crippen LogP contribution in [-0.2, 0) is 20.5 Å². The quantitative estimate of drug-likeness (QED) is 0.615. The van der Waals surface area contributed by atoms with Gasteiger partial charge >= 0.3 is 6.18 Å². The monoisotopic (exact) mass is 408 g/mol. The van der Waals surface area contributed by atoms with Crippen LogP contribution in [0.15, 0.2) is 48.5 Å². The molecule has 142 valence electrons. The van der Waals surface area contributed by atoms with Crippen molar-refractivity contribution in [3.8, 4) is 5.75 Å². The second-order valence-electron chi connectivity index (χ2n) is 5.50. The standard InChI is InChI=1S/C17H16ClF3O4S/c1-26(22,23)24-10-9-16(25-15-7-5-14(18)6-8-15)12-3-2-4-13(11-12)17(19,20)21/h2-8,11,16H,9-10H2,1H3/t16-/m0/s1. The molecular weight excluding hydrogens is 393 g/mol. The van der Waals surface area contributed by atoms with E-state index in [9.17, 15) is 21.6 Å². The minimum atomic E-state index is -4.50. The summed E-state index contributed by atoms with van der Waals surface area (Å²) in [5.41, 5.74) is -0.560. The Kier molecular flexibility index (Phi) is 6.54. The number of alkyl halides is 3. The largest absolute Gasteiger partial charge is 0.486 e. The number of hydrogen-bond acceptors (Lipinski definition) is 4. The zero-order valence-electron chi connectivity index (χ0n) is 13.7. The molecule has 0 aliphatic heterocycles. The van der Waals surface area contributed by atoms with E-state index in [1.54, 1.807) is 24.3 Å². The van der Waals surface area contributed by atoms with Crippen LogP contribution >= 0.6 is 11.6 Å². The second kappa shape index (κ2) is 8.28. The Labute approximate surface area is 154 Å². The first-order valence-corrected chi connectivity index (χ1v) is 9.68. The third kappa shape index (κ3) is 6.51. The summed E-state index contributed by atoms with van der Waals surface area (Å²) >= 11 is 5.80. The van der Waals surface area contributed by atoms with Gasteiger partial charge in [0.15, 0.2) is 0 Å².